The van der Waals surface area contributed by atoms with Crippen molar-refractivity contribution in [1.82, 2.24) is 9.88 Å². The number of nitrogens with zero attached hydrogens (tertiary/aromatic N) is 2. The molecule has 0 radical (unpaired) electrons. The Kier molecular flexibility index (Phi) is 3.75. The lowest BCUT2D eigenvalue weighted by Gasteiger charge is -2.22. The van der Waals surface area contributed by atoms with Gasteiger partial charge in [-0.2, -0.15) is 0 Å². The zero-order valence-electron chi connectivity index (χ0n) is 12.1. The summed E-state index contributed by atoms with van der Waals surface area (Å²) in [5, 5.41) is 1.68. The van der Waals surface area contributed by atoms with Gasteiger partial charge >= 0.3 is 0 Å². The van der Waals surface area contributed by atoms with Crippen LogP contribution in [0.4, 0.5) is 5.82 Å². The molecule has 1 saturated carbocycles. The fourth-order valence-corrected chi connectivity index (χ4v) is 2.57. The van der Waals surface area contributed by atoms with E-state index in [4.69, 9.17) is 10.5 Å². The molecule has 5 nitrogen and oxygen atoms in total. The van der Waals surface area contributed by atoms with E-state index >= 15 is 0 Å². The fraction of sp³-hybridized carbons (Fsp3) is 0.375. The van der Waals surface area contributed by atoms with Crippen molar-refractivity contribution in [1.29, 1.82) is 0 Å². The predicted octanol–water partition coefficient (Wildman–Crippen LogP) is 2.07. The third-order valence-corrected chi connectivity index (χ3v) is 3.84. The van der Waals surface area contributed by atoms with Gasteiger partial charge in [0.2, 0.25) is 0 Å². The molecule has 1 aromatic heterocycles. The van der Waals surface area contributed by atoms with E-state index in [0.29, 0.717) is 30.6 Å². The van der Waals surface area contributed by atoms with Crippen LogP contribution in [0.15, 0.2) is 30.5 Å². The molecule has 1 aliphatic carbocycles. The summed E-state index contributed by atoms with van der Waals surface area (Å²) in [5.41, 5.74) is 6.51. The lowest BCUT2D eigenvalue weighted by Crippen LogP contribution is -2.36. The number of rotatable bonds is 5. The fourth-order valence-electron chi connectivity index (χ4n) is 2.57. The number of nitrogen functional groups attached to an aromatic ring is 1. The van der Waals surface area contributed by atoms with Gasteiger partial charge in [-0.15, -0.1) is 0 Å². The average Bonchev–Trinajstić information content (AvgIpc) is 3.33. The molecule has 0 atom stereocenters. The van der Waals surface area contributed by atoms with Crippen molar-refractivity contribution >= 4 is 22.5 Å². The molecule has 1 aromatic carbocycles. The Morgan fingerprint density at radius 3 is 2.76 bits per heavy atom. The highest BCUT2D eigenvalue weighted by Crippen LogP contribution is 2.30. The minimum atomic E-state index is 0.0123. The van der Waals surface area contributed by atoms with Crippen molar-refractivity contribution in [3.63, 3.8) is 0 Å². The summed E-state index contributed by atoms with van der Waals surface area (Å²) >= 11 is 0. The van der Waals surface area contributed by atoms with E-state index in [2.05, 4.69) is 4.98 Å². The minimum Gasteiger partial charge on any atom is -0.383 e. The largest absolute Gasteiger partial charge is 0.383 e. The molecule has 3 rings (SSSR count). The number of pyridine rings is 1. The van der Waals surface area contributed by atoms with E-state index in [1.54, 1.807) is 13.3 Å². The zero-order valence-corrected chi connectivity index (χ0v) is 12.1. The molecule has 0 unspecified atom stereocenters. The molecule has 2 N–H and O–H groups in total. The second-order valence-electron chi connectivity index (χ2n) is 5.33. The highest BCUT2D eigenvalue weighted by atomic mass is 16.5. The van der Waals surface area contributed by atoms with Crippen LogP contribution >= 0.6 is 0 Å². The molecule has 21 heavy (non-hydrogen) atoms. The summed E-state index contributed by atoms with van der Waals surface area (Å²) in [7, 11) is 1.65. The Morgan fingerprint density at radius 1 is 1.38 bits per heavy atom. The Bertz CT molecular complexity index is 668. The highest BCUT2D eigenvalue weighted by Gasteiger charge is 2.33. The molecule has 1 fully saturated rings. The number of amides is 1. The monoisotopic (exact) mass is 285 g/mol. The van der Waals surface area contributed by atoms with Gasteiger partial charge in [0.1, 0.15) is 5.82 Å². The van der Waals surface area contributed by atoms with Crippen LogP contribution in [0.2, 0.25) is 0 Å². The number of methoxy groups -OCH3 is 1. The van der Waals surface area contributed by atoms with Gasteiger partial charge in [-0.05, 0) is 18.2 Å². The van der Waals surface area contributed by atoms with E-state index in [-0.39, 0.29) is 5.91 Å². The number of carbonyl (C=O) groups excluding carboxylic acids is 1. The molecule has 1 amide bonds. The number of hydrogen-bond acceptors (Lipinski definition) is 4. The number of carbonyl (C=O) groups is 1. The molecule has 0 spiro atoms. The second-order valence-corrected chi connectivity index (χ2v) is 5.33. The number of fused-ring (bicyclic) bond motifs is 1. The van der Waals surface area contributed by atoms with Gasteiger partial charge in [-0.25, -0.2) is 4.98 Å². The molecule has 2 aromatic rings. The smallest absolute Gasteiger partial charge is 0.256 e. The number of benzene rings is 1. The van der Waals surface area contributed by atoms with Gasteiger partial charge in [0.05, 0.1) is 12.2 Å². The van der Waals surface area contributed by atoms with Crippen LogP contribution in [-0.4, -0.2) is 42.1 Å². The molecule has 1 heterocycles. The molecular formula is C16H19N3O2. The van der Waals surface area contributed by atoms with Gasteiger partial charge in [0, 0.05) is 31.3 Å². The van der Waals surface area contributed by atoms with Crippen molar-refractivity contribution < 1.29 is 9.53 Å². The maximum Gasteiger partial charge on any atom is 0.256 e. The van der Waals surface area contributed by atoms with E-state index < -0.39 is 0 Å². The van der Waals surface area contributed by atoms with Gasteiger partial charge in [0.25, 0.3) is 5.91 Å². The summed E-state index contributed by atoms with van der Waals surface area (Å²) in [5.74, 6) is 0.468. The lowest BCUT2D eigenvalue weighted by atomic mass is 10.1. The second kappa shape index (κ2) is 5.69. The first-order chi connectivity index (χ1) is 10.2. The zero-order chi connectivity index (χ0) is 14.8. The predicted molar refractivity (Wildman–Crippen MR) is 82.1 cm³/mol. The van der Waals surface area contributed by atoms with Crippen molar-refractivity contribution in [2.75, 3.05) is 26.0 Å². The summed E-state index contributed by atoms with van der Waals surface area (Å²) in [4.78, 5) is 18.9. The van der Waals surface area contributed by atoms with Crippen LogP contribution in [0.5, 0.6) is 0 Å². The third-order valence-electron chi connectivity index (χ3n) is 3.84. The maximum atomic E-state index is 12.8. The first kappa shape index (κ1) is 13.8. The summed E-state index contributed by atoms with van der Waals surface area (Å²) < 4.78 is 5.11. The lowest BCUT2D eigenvalue weighted by molar-refractivity contribution is 0.0682. The molecule has 1 aliphatic rings. The molecule has 5 heteroatoms. The van der Waals surface area contributed by atoms with Crippen LogP contribution in [-0.2, 0) is 4.74 Å². The van der Waals surface area contributed by atoms with Gasteiger partial charge in [-0.3, -0.25) is 4.79 Å². The Hall–Kier alpha value is -2.14. The van der Waals surface area contributed by atoms with Crippen molar-refractivity contribution in [3.8, 4) is 0 Å². The Morgan fingerprint density at radius 2 is 2.10 bits per heavy atom. The summed E-state index contributed by atoms with van der Waals surface area (Å²) in [6.07, 6.45) is 3.72. The van der Waals surface area contributed by atoms with E-state index in [1.807, 2.05) is 29.2 Å². The average molecular weight is 285 g/mol. The van der Waals surface area contributed by atoms with Crippen LogP contribution in [0, 0.1) is 0 Å². The third kappa shape index (κ3) is 2.69. The number of hydrogen-bond donors (Lipinski definition) is 1. The van der Waals surface area contributed by atoms with Crippen LogP contribution in [0.25, 0.3) is 10.8 Å². The molecule has 0 bridgehead atoms. The first-order valence-electron chi connectivity index (χ1n) is 7.15. The first-order valence-corrected chi connectivity index (χ1v) is 7.15. The number of nitrogens with two attached hydrogens (primary N) is 1. The SMILES string of the molecule is COCCN(C(=O)c1cnc(N)c2ccccc12)C1CC1. The van der Waals surface area contributed by atoms with Crippen molar-refractivity contribution in [3.05, 3.63) is 36.0 Å². The number of anilines is 1. The molecule has 110 valence electrons. The van der Waals surface area contributed by atoms with E-state index in [0.717, 1.165) is 23.6 Å². The van der Waals surface area contributed by atoms with E-state index in [9.17, 15) is 4.79 Å². The van der Waals surface area contributed by atoms with Gasteiger partial charge in [0.15, 0.2) is 0 Å². The molecular weight excluding hydrogens is 266 g/mol. The van der Waals surface area contributed by atoms with Crippen LogP contribution < -0.4 is 5.73 Å². The van der Waals surface area contributed by atoms with Crippen molar-refractivity contribution in [2.24, 2.45) is 0 Å². The summed E-state index contributed by atoms with van der Waals surface area (Å²) in [6.45, 7) is 1.15. The minimum absolute atomic E-state index is 0.0123. The van der Waals surface area contributed by atoms with Gasteiger partial charge < -0.3 is 15.4 Å². The topological polar surface area (TPSA) is 68.5 Å². The standard InChI is InChI=1S/C16H19N3O2/c1-21-9-8-19(11-6-7-11)16(20)14-10-18-15(17)13-5-3-2-4-12(13)14/h2-5,10-11H,6-9H2,1H3,(H2,17,18). The quantitative estimate of drug-likeness (QED) is 0.913. The van der Waals surface area contributed by atoms with Gasteiger partial charge in [-0.1, -0.05) is 24.3 Å². The van der Waals surface area contributed by atoms with Crippen molar-refractivity contribution in [2.45, 2.75) is 18.9 Å². The maximum absolute atomic E-state index is 12.8. The normalized spacial score (nSPS) is 14.3. The highest BCUT2D eigenvalue weighted by molar-refractivity contribution is 6.09. The summed E-state index contributed by atoms with van der Waals surface area (Å²) in [6, 6.07) is 7.96. The van der Waals surface area contributed by atoms with E-state index in [1.165, 1.54) is 0 Å². The Labute approximate surface area is 123 Å². The Balaban J connectivity index is 1.98. The van der Waals surface area contributed by atoms with Crippen LogP contribution in [0.3, 0.4) is 0 Å². The number of aromatic nitrogens is 1. The van der Waals surface area contributed by atoms with Crippen LogP contribution in [0.1, 0.15) is 23.2 Å². The molecule has 0 aliphatic heterocycles. The number of ether oxygens (including phenoxy) is 1. The molecule has 0 saturated heterocycles.